The number of ether oxygens (including phenoxy) is 1. The number of rotatable bonds is 6. The van der Waals surface area contributed by atoms with Gasteiger partial charge in [-0.2, -0.15) is 0 Å². The fourth-order valence-electron chi connectivity index (χ4n) is 3.41. The molecule has 3 N–H and O–H groups in total. The molecule has 1 aliphatic rings. The highest BCUT2D eigenvalue weighted by Crippen LogP contribution is 2.39. The number of H-pyrrole nitrogens is 1. The molecule has 1 atom stereocenters. The van der Waals surface area contributed by atoms with Crippen molar-refractivity contribution in [2.75, 3.05) is 6.54 Å². The first-order valence-electron chi connectivity index (χ1n) is 9.33. The van der Waals surface area contributed by atoms with Crippen molar-refractivity contribution in [3.8, 4) is 0 Å². The first kappa shape index (κ1) is 21.0. The zero-order valence-electron chi connectivity index (χ0n) is 17.3. The molecule has 2 amide bonds. The lowest BCUT2D eigenvalue weighted by atomic mass is 9.95. The number of carbonyl (C=O) groups excluding carboxylic acids is 3. The number of amides is 2. The number of hydrogen-bond acceptors (Lipinski definition) is 4. The van der Waals surface area contributed by atoms with E-state index in [1.807, 2.05) is 6.92 Å². The van der Waals surface area contributed by atoms with Crippen LogP contribution >= 0.6 is 0 Å². The predicted octanol–water partition coefficient (Wildman–Crippen LogP) is 3.26. The molecule has 7 nitrogen and oxygen atoms in total. The minimum Gasteiger partial charge on any atom is -0.444 e. The number of Topliss-reactive ketones (excluding diaryl/α,β-unsaturated/α-hetero) is 1. The van der Waals surface area contributed by atoms with E-state index in [2.05, 4.69) is 15.6 Å². The summed E-state index contributed by atoms with van der Waals surface area (Å²) in [4.78, 5) is 39.7. The molecule has 0 bridgehead atoms. The van der Waals surface area contributed by atoms with Gasteiger partial charge < -0.3 is 20.4 Å². The van der Waals surface area contributed by atoms with E-state index < -0.39 is 17.2 Å². The van der Waals surface area contributed by atoms with E-state index in [1.54, 1.807) is 34.6 Å². The van der Waals surface area contributed by atoms with E-state index in [9.17, 15) is 14.4 Å². The molecule has 0 spiro atoms. The Hall–Kier alpha value is -2.31. The van der Waals surface area contributed by atoms with Gasteiger partial charge in [-0.1, -0.05) is 0 Å². The SMILES string of the molecule is CC(=O)c1c(C)[nH]c(C(=O)NC(C)(CNC(=O)OC(C)(C)C)C2CC2)c1C. The molecule has 1 aromatic heterocycles. The summed E-state index contributed by atoms with van der Waals surface area (Å²) >= 11 is 0. The van der Waals surface area contributed by atoms with Gasteiger partial charge in [0.15, 0.2) is 5.78 Å². The number of carbonyl (C=O) groups is 3. The summed E-state index contributed by atoms with van der Waals surface area (Å²) in [6.07, 6.45) is 1.48. The molecule has 7 heteroatoms. The Morgan fingerprint density at radius 3 is 2.19 bits per heavy atom. The van der Waals surface area contributed by atoms with E-state index in [0.717, 1.165) is 12.8 Å². The Bertz CT molecular complexity index is 756. The van der Waals surface area contributed by atoms with Gasteiger partial charge in [0.05, 0.1) is 5.54 Å². The standard InChI is InChI=1S/C20H31N3O4/c1-11-15(13(3)24)12(2)22-16(11)17(25)23-20(7,14-8-9-14)10-21-18(26)27-19(4,5)6/h14,22H,8-10H2,1-7H3,(H,21,26)(H,23,25). The van der Waals surface area contributed by atoms with Crippen LogP contribution in [0.1, 0.15) is 79.6 Å². The van der Waals surface area contributed by atoms with Crippen molar-refractivity contribution in [2.24, 2.45) is 5.92 Å². The Morgan fingerprint density at radius 2 is 1.74 bits per heavy atom. The fourth-order valence-corrected chi connectivity index (χ4v) is 3.41. The Morgan fingerprint density at radius 1 is 1.15 bits per heavy atom. The Balaban J connectivity index is 2.12. The molecule has 0 saturated heterocycles. The zero-order chi connectivity index (χ0) is 20.6. The first-order chi connectivity index (χ1) is 12.3. The molecule has 27 heavy (non-hydrogen) atoms. The van der Waals surface area contributed by atoms with Crippen LogP contribution in [-0.4, -0.2) is 40.5 Å². The second-order valence-electron chi connectivity index (χ2n) is 8.68. The summed E-state index contributed by atoms with van der Waals surface area (Å²) < 4.78 is 5.28. The van der Waals surface area contributed by atoms with E-state index in [-0.39, 0.29) is 18.2 Å². The van der Waals surface area contributed by atoms with Crippen LogP contribution in [0.5, 0.6) is 0 Å². The number of aromatic amines is 1. The van der Waals surface area contributed by atoms with Crippen LogP contribution in [0.25, 0.3) is 0 Å². The van der Waals surface area contributed by atoms with E-state index in [4.69, 9.17) is 4.74 Å². The van der Waals surface area contributed by atoms with Crippen LogP contribution in [0.15, 0.2) is 0 Å². The molecular formula is C20H31N3O4. The minimum atomic E-state index is -0.587. The summed E-state index contributed by atoms with van der Waals surface area (Å²) in [6.45, 7) is 12.6. The van der Waals surface area contributed by atoms with Crippen LogP contribution in [0, 0.1) is 19.8 Å². The maximum Gasteiger partial charge on any atom is 0.407 e. The van der Waals surface area contributed by atoms with Gasteiger partial charge in [0, 0.05) is 17.8 Å². The van der Waals surface area contributed by atoms with Crippen LogP contribution in [0.2, 0.25) is 0 Å². The number of aromatic nitrogens is 1. The quantitative estimate of drug-likeness (QED) is 0.663. The molecule has 1 aliphatic carbocycles. The van der Waals surface area contributed by atoms with Crippen molar-refractivity contribution in [2.45, 2.75) is 72.4 Å². The molecule has 1 aromatic rings. The van der Waals surface area contributed by atoms with Gasteiger partial charge in [0.25, 0.3) is 5.91 Å². The smallest absolute Gasteiger partial charge is 0.407 e. The minimum absolute atomic E-state index is 0.0724. The number of aryl methyl sites for hydroxylation is 1. The van der Waals surface area contributed by atoms with E-state index in [1.165, 1.54) is 6.92 Å². The highest BCUT2D eigenvalue weighted by molar-refractivity contribution is 6.02. The van der Waals surface area contributed by atoms with Gasteiger partial charge >= 0.3 is 6.09 Å². The van der Waals surface area contributed by atoms with Gasteiger partial charge in [-0.3, -0.25) is 9.59 Å². The van der Waals surface area contributed by atoms with Crippen molar-refractivity contribution in [3.63, 3.8) is 0 Å². The molecule has 1 heterocycles. The maximum atomic E-state index is 12.9. The average Bonchev–Trinajstić information content (AvgIpc) is 3.29. The molecule has 0 aromatic carbocycles. The van der Waals surface area contributed by atoms with Crippen molar-refractivity contribution >= 4 is 17.8 Å². The van der Waals surface area contributed by atoms with E-state index in [0.29, 0.717) is 28.4 Å². The Labute approximate surface area is 160 Å². The fraction of sp³-hybridized carbons (Fsp3) is 0.650. The van der Waals surface area contributed by atoms with Crippen molar-refractivity contribution in [1.29, 1.82) is 0 Å². The lowest BCUT2D eigenvalue weighted by Crippen LogP contribution is -2.55. The van der Waals surface area contributed by atoms with Gasteiger partial charge in [0.2, 0.25) is 0 Å². The second kappa shape index (κ2) is 7.37. The number of ketones is 1. The van der Waals surface area contributed by atoms with Crippen molar-refractivity contribution in [1.82, 2.24) is 15.6 Å². The Kier molecular flexibility index (Phi) is 5.73. The molecular weight excluding hydrogens is 346 g/mol. The van der Waals surface area contributed by atoms with Crippen LogP contribution < -0.4 is 10.6 Å². The largest absolute Gasteiger partial charge is 0.444 e. The van der Waals surface area contributed by atoms with Gasteiger partial charge in [-0.05, 0) is 72.8 Å². The summed E-state index contributed by atoms with van der Waals surface area (Å²) in [5.74, 6) is -0.0552. The van der Waals surface area contributed by atoms with E-state index >= 15 is 0 Å². The number of hydrogen-bond donors (Lipinski definition) is 3. The number of nitrogens with one attached hydrogen (secondary N) is 3. The monoisotopic (exact) mass is 377 g/mol. The second-order valence-corrected chi connectivity index (χ2v) is 8.68. The summed E-state index contributed by atoms with van der Waals surface area (Å²) in [7, 11) is 0. The third-order valence-electron chi connectivity index (χ3n) is 4.89. The topological polar surface area (TPSA) is 100 Å². The summed E-state index contributed by atoms with van der Waals surface area (Å²) in [5.41, 5.74) is 1.11. The molecule has 150 valence electrons. The van der Waals surface area contributed by atoms with Crippen LogP contribution in [-0.2, 0) is 4.74 Å². The molecule has 1 saturated carbocycles. The maximum absolute atomic E-state index is 12.9. The number of alkyl carbamates (subject to hydrolysis) is 1. The third-order valence-corrected chi connectivity index (χ3v) is 4.89. The highest BCUT2D eigenvalue weighted by Gasteiger charge is 2.43. The van der Waals surface area contributed by atoms with Crippen LogP contribution in [0.4, 0.5) is 4.79 Å². The first-order valence-corrected chi connectivity index (χ1v) is 9.33. The van der Waals surface area contributed by atoms with Gasteiger partial charge in [-0.25, -0.2) is 4.79 Å². The molecule has 1 fully saturated rings. The molecule has 1 unspecified atom stereocenters. The zero-order valence-corrected chi connectivity index (χ0v) is 17.3. The third kappa shape index (κ3) is 5.11. The van der Waals surface area contributed by atoms with Gasteiger partial charge in [-0.15, -0.1) is 0 Å². The summed E-state index contributed by atoms with van der Waals surface area (Å²) in [5, 5.41) is 5.83. The molecule has 0 aliphatic heterocycles. The van der Waals surface area contributed by atoms with Crippen molar-refractivity contribution in [3.05, 3.63) is 22.5 Å². The normalized spacial score (nSPS) is 16.4. The molecule has 0 radical (unpaired) electrons. The lowest BCUT2D eigenvalue weighted by molar-refractivity contribution is 0.0502. The van der Waals surface area contributed by atoms with Crippen LogP contribution in [0.3, 0.4) is 0 Å². The van der Waals surface area contributed by atoms with Crippen molar-refractivity contribution < 1.29 is 19.1 Å². The summed E-state index contributed by atoms with van der Waals surface area (Å²) in [6, 6.07) is 0. The molecule has 2 rings (SSSR count). The average molecular weight is 377 g/mol. The lowest BCUT2D eigenvalue weighted by Gasteiger charge is -2.32. The highest BCUT2D eigenvalue weighted by atomic mass is 16.6. The van der Waals surface area contributed by atoms with Gasteiger partial charge in [0.1, 0.15) is 11.3 Å². The predicted molar refractivity (Wildman–Crippen MR) is 103 cm³/mol.